The summed E-state index contributed by atoms with van der Waals surface area (Å²) in [5.41, 5.74) is 0. The van der Waals surface area contributed by atoms with E-state index in [2.05, 4.69) is 0 Å². The van der Waals surface area contributed by atoms with Crippen LogP contribution in [0.1, 0.15) is 25.2 Å². The normalized spacial score (nSPS) is 13.6. The van der Waals surface area contributed by atoms with Gasteiger partial charge >= 0.3 is 0 Å². The summed E-state index contributed by atoms with van der Waals surface area (Å²) < 4.78 is 4.94. The molecular weight excluding hydrogens is 116 g/mol. The van der Waals surface area contributed by atoms with Gasteiger partial charge in [0.2, 0.25) is 0 Å². The van der Waals surface area contributed by atoms with Crippen LogP contribution in [0.3, 0.4) is 0 Å². The largest absolute Gasteiger partial charge is 0.467 e. The monoisotopic (exact) mass is 126 g/mol. The maximum absolute atomic E-state index is 9.12. The molecule has 50 valence electrons. The summed E-state index contributed by atoms with van der Waals surface area (Å²) >= 11 is 0. The molecule has 0 spiro atoms. The van der Waals surface area contributed by atoms with Gasteiger partial charge in [0.25, 0.3) is 0 Å². The van der Waals surface area contributed by atoms with Crippen LogP contribution < -0.4 is 0 Å². The van der Waals surface area contributed by atoms with Gasteiger partial charge in [0, 0.05) is 0 Å². The Kier molecular flexibility index (Phi) is 1.90. The molecule has 0 unspecified atom stereocenters. The van der Waals surface area contributed by atoms with E-state index in [-0.39, 0.29) is 0 Å². The Bertz CT molecular complexity index is 155. The van der Waals surface area contributed by atoms with Crippen LogP contribution in [0.2, 0.25) is 0 Å². The van der Waals surface area contributed by atoms with Gasteiger partial charge in [-0.2, -0.15) is 0 Å². The Labute approximate surface area is 54.1 Å². The first kappa shape index (κ1) is 6.36. The molecule has 1 N–H and O–H groups in total. The number of hydrogen-bond donors (Lipinski definition) is 1. The molecule has 2 heteroatoms. The third kappa shape index (κ3) is 1.33. The molecule has 0 aliphatic rings. The summed E-state index contributed by atoms with van der Waals surface area (Å²) in [5, 5.41) is 9.12. The third-order valence-electron chi connectivity index (χ3n) is 1.26. The summed E-state index contributed by atoms with van der Waals surface area (Å²) in [6.45, 7) is 1.91. The van der Waals surface area contributed by atoms with Crippen molar-refractivity contribution in [2.45, 2.75) is 19.4 Å². The summed E-state index contributed by atoms with van der Waals surface area (Å²) in [5.74, 6) is 0.650. The minimum absolute atomic E-state index is 0.431. The van der Waals surface area contributed by atoms with Crippen molar-refractivity contribution in [2.24, 2.45) is 0 Å². The minimum atomic E-state index is -0.431. The van der Waals surface area contributed by atoms with Gasteiger partial charge in [-0.05, 0) is 18.6 Å². The lowest BCUT2D eigenvalue weighted by molar-refractivity contribution is 0.146. The highest BCUT2D eigenvalue weighted by molar-refractivity contribution is 5.00. The van der Waals surface area contributed by atoms with Crippen LogP contribution in [-0.4, -0.2) is 5.11 Å². The molecule has 1 rings (SSSR count). The predicted molar refractivity (Wildman–Crippen MR) is 34.0 cm³/mol. The van der Waals surface area contributed by atoms with Crippen LogP contribution in [0.4, 0.5) is 0 Å². The fourth-order valence-corrected chi connectivity index (χ4v) is 0.682. The van der Waals surface area contributed by atoms with Crippen molar-refractivity contribution in [3.8, 4) is 0 Å². The van der Waals surface area contributed by atoms with E-state index in [9.17, 15) is 0 Å². The first-order chi connectivity index (χ1) is 4.34. The summed E-state index contributed by atoms with van der Waals surface area (Å²) in [4.78, 5) is 0. The molecule has 0 aromatic carbocycles. The zero-order valence-corrected chi connectivity index (χ0v) is 5.37. The van der Waals surface area contributed by atoms with Crippen LogP contribution in [-0.2, 0) is 0 Å². The van der Waals surface area contributed by atoms with Gasteiger partial charge in [-0.3, -0.25) is 0 Å². The van der Waals surface area contributed by atoms with E-state index in [0.717, 1.165) is 0 Å². The summed E-state index contributed by atoms with van der Waals surface area (Å²) in [6, 6.07) is 3.54. The van der Waals surface area contributed by atoms with E-state index in [1.165, 1.54) is 0 Å². The minimum Gasteiger partial charge on any atom is -0.467 e. The second-order valence-electron chi connectivity index (χ2n) is 1.94. The van der Waals surface area contributed by atoms with Gasteiger partial charge in [-0.1, -0.05) is 6.92 Å². The Morgan fingerprint density at radius 2 is 2.56 bits per heavy atom. The number of rotatable bonds is 2. The van der Waals surface area contributed by atoms with Crippen molar-refractivity contribution in [1.82, 2.24) is 0 Å². The molecule has 0 aliphatic carbocycles. The highest BCUT2D eigenvalue weighted by Crippen LogP contribution is 2.15. The van der Waals surface area contributed by atoms with E-state index < -0.39 is 6.10 Å². The van der Waals surface area contributed by atoms with Gasteiger partial charge in [-0.15, -0.1) is 0 Å². The molecule has 0 aliphatic heterocycles. The molecule has 0 fully saturated rings. The average Bonchev–Trinajstić information content (AvgIpc) is 2.37. The van der Waals surface area contributed by atoms with E-state index in [4.69, 9.17) is 9.52 Å². The number of aliphatic hydroxyl groups is 1. The molecule has 0 radical (unpaired) electrons. The molecule has 2 nitrogen and oxygen atoms in total. The lowest BCUT2D eigenvalue weighted by atomic mass is 10.2. The smallest absolute Gasteiger partial charge is 0.132 e. The number of hydrogen-bond acceptors (Lipinski definition) is 2. The van der Waals surface area contributed by atoms with Gasteiger partial charge < -0.3 is 9.52 Å². The van der Waals surface area contributed by atoms with Crippen molar-refractivity contribution in [1.29, 1.82) is 0 Å². The molecule has 0 amide bonds. The first-order valence-corrected chi connectivity index (χ1v) is 3.06. The topological polar surface area (TPSA) is 33.4 Å². The maximum atomic E-state index is 9.12. The zero-order valence-electron chi connectivity index (χ0n) is 5.37. The van der Waals surface area contributed by atoms with Crippen molar-refractivity contribution in [2.75, 3.05) is 0 Å². The van der Waals surface area contributed by atoms with Gasteiger partial charge in [0.15, 0.2) is 0 Å². The molecule has 0 saturated carbocycles. The highest BCUT2D eigenvalue weighted by atomic mass is 16.4. The molecule has 1 atom stereocenters. The van der Waals surface area contributed by atoms with E-state index in [1.807, 2.05) is 6.92 Å². The molecule has 1 aromatic rings. The van der Waals surface area contributed by atoms with Crippen LogP contribution in [0, 0.1) is 0 Å². The predicted octanol–water partition coefficient (Wildman–Crippen LogP) is 1.72. The van der Waals surface area contributed by atoms with E-state index >= 15 is 0 Å². The average molecular weight is 126 g/mol. The van der Waals surface area contributed by atoms with Crippen LogP contribution in [0.25, 0.3) is 0 Å². The fraction of sp³-hybridized carbons (Fsp3) is 0.429. The standard InChI is InChI=1S/C7H10O2/c1-2-6(8)7-4-3-5-9-7/h3-6,8H,2H2,1H3/t6-/m0/s1. The molecule has 9 heavy (non-hydrogen) atoms. The highest BCUT2D eigenvalue weighted by Gasteiger charge is 2.05. The first-order valence-electron chi connectivity index (χ1n) is 3.06. The summed E-state index contributed by atoms with van der Waals surface area (Å²) in [7, 11) is 0. The van der Waals surface area contributed by atoms with Crippen molar-refractivity contribution >= 4 is 0 Å². The SMILES string of the molecule is CC[C@H](O)c1ccco1. The van der Waals surface area contributed by atoms with Crippen molar-refractivity contribution < 1.29 is 9.52 Å². The Balaban J connectivity index is 2.65. The van der Waals surface area contributed by atoms with Crippen molar-refractivity contribution in [3.63, 3.8) is 0 Å². The zero-order chi connectivity index (χ0) is 6.69. The van der Waals surface area contributed by atoms with Crippen molar-refractivity contribution in [3.05, 3.63) is 24.2 Å². The van der Waals surface area contributed by atoms with Crippen LogP contribution >= 0.6 is 0 Å². The molecular formula is C7H10O2. The van der Waals surface area contributed by atoms with Crippen LogP contribution in [0.15, 0.2) is 22.8 Å². The van der Waals surface area contributed by atoms with Crippen LogP contribution in [0.5, 0.6) is 0 Å². The van der Waals surface area contributed by atoms with E-state index in [0.29, 0.717) is 12.2 Å². The second kappa shape index (κ2) is 2.69. The van der Waals surface area contributed by atoms with Gasteiger partial charge in [-0.25, -0.2) is 0 Å². The molecule has 0 bridgehead atoms. The number of aliphatic hydroxyl groups excluding tert-OH is 1. The lowest BCUT2D eigenvalue weighted by Gasteiger charge is -2.00. The lowest BCUT2D eigenvalue weighted by Crippen LogP contribution is -1.90. The summed E-state index contributed by atoms with van der Waals surface area (Å²) in [6.07, 6.45) is 1.84. The molecule has 1 heterocycles. The fourth-order valence-electron chi connectivity index (χ4n) is 0.682. The maximum Gasteiger partial charge on any atom is 0.132 e. The second-order valence-corrected chi connectivity index (χ2v) is 1.94. The Hall–Kier alpha value is -0.760. The molecule has 1 aromatic heterocycles. The van der Waals surface area contributed by atoms with E-state index in [1.54, 1.807) is 18.4 Å². The Morgan fingerprint density at radius 1 is 1.78 bits per heavy atom. The Morgan fingerprint density at radius 3 is 3.00 bits per heavy atom. The van der Waals surface area contributed by atoms with Gasteiger partial charge in [0.1, 0.15) is 11.9 Å². The van der Waals surface area contributed by atoms with Gasteiger partial charge in [0.05, 0.1) is 6.26 Å². The molecule has 0 saturated heterocycles. The quantitative estimate of drug-likeness (QED) is 0.654. The third-order valence-corrected chi connectivity index (χ3v) is 1.26. The number of furan rings is 1.